The number of dihydropyridines is 1. The van der Waals surface area contributed by atoms with E-state index >= 15 is 0 Å². The third-order valence-electron chi connectivity index (χ3n) is 3.18. The number of allylic oxidation sites excluding steroid dienone is 1. The predicted molar refractivity (Wildman–Crippen MR) is 78.4 cm³/mol. The molecule has 0 saturated carbocycles. The monoisotopic (exact) mass is 311 g/mol. The molecule has 0 amide bonds. The zero-order valence-corrected chi connectivity index (χ0v) is 12.6. The fraction of sp³-hybridized carbons (Fsp3) is 0.267. The van der Waals surface area contributed by atoms with E-state index in [9.17, 15) is 9.18 Å². The fourth-order valence-corrected chi connectivity index (χ4v) is 2.29. The third-order valence-corrected chi connectivity index (χ3v) is 3.47. The summed E-state index contributed by atoms with van der Waals surface area (Å²) in [6, 6.07) is 2.86. The van der Waals surface area contributed by atoms with Gasteiger partial charge < -0.3 is 14.8 Å². The minimum atomic E-state index is -0.657. The first-order chi connectivity index (χ1) is 9.99. The van der Waals surface area contributed by atoms with Crippen LogP contribution in [-0.4, -0.2) is 26.2 Å². The summed E-state index contributed by atoms with van der Waals surface area (Å²) in [5, 5.41) is 2.87. The summed E-state index contributed by atoms with van der Waals surface area (Å²) in [6.45, 7) is 1.37. The Morgan fingerprint density at radius 2 is 2.10 bits per heavy atom. The summed E-state index contributed by atoms with van der Waals surface area (Å²) in [7, 11) is 2.97. The molecule has 4 nitrogen and oxygen atoms in total. The van der Waals surface area contributed by atoms with Crippen molar-refractivity contribution < 1.29 is 18.7 Å². The van der Waals surface area contributed by atoms with Gasteiger partial charge in [0.1, 0.15) is 17.8 Å². The van der Waals surface area contributed by atoms with Crippen molar-refractivity contribution >= 4 is 23.0 Å². The minimum Gasteiger partial charge on any atom is -0.495 e. The van der Waals surface area contributed by atoms with Gasteiger partial charge in [-0.3, -0.25) is 4.79 Å². The fourth-order valence-electron chi connectivity index (χ4n) is 2.14. The number of ketones is 1. The maximum Gasteiger partial charge on any atom is 0.160 e. The molecule has 1 aliphatic rings. The van der Waals surface area contributed by atoms with Crippen LogP contribution in [0.4, 0.5) is 4.39 Å². The number of benzene rings is 1. The molecule has 2 rings (SSSR count). The maximum atomic E-state index is 14.5. The molecule has 0 radical (unpaired) electrons. The Balaban J connectivity index is 2.68. The third kappa shape index (κ3) is 2.94. The number of halogens is 2. The van der Waals surface area contributed by atoms with E-state index in [1.54, 1.807) is 12.3 Å². The van der Waals surface area contributed by atoms with Gasteiger partial charge in [-0.1, -0.05) is 11.6 Å². The van der Waals surface area contributed by atoms with Crippen LogP contribution in [0.3, 0.4) is 0 Å². The van der Waals surface area contributed by atoms with Crippen molar-refractivity contribution in [2.24, 2.45) is 0 Å². The van der Waals surface area contributed by atoms with E-state index in [0.717, 1.165) is 0 Å². The van der Waals surface area contributed by atoms with E-state index in [1.807, 2.05) is 0 Å². The Morgan fingerprint density at radius 3 is 2.67 bits per heavy atom. The molecule has 0 saturated heterocycles. The molecular weight excluding hydrogens is 297 g/mol. The predicted octanol–water partition coefficient (Wildman–Crippen LogP) is 3.13. The van der Waals surface area contributed by atoms with Gasteiger partial charge in [0.2, 0.25) is 0 Å². The Kier molecular flexibility index (Phi) is 4.65. The van der Waals surface area contributed by atoms with Crippen molar-refractivity contribution in [3.8, 4) is 0 Å². The molecule has 1 heterocycles. The molecule has 0 bridgehead atoms. The van der Waals surface area contributed by atoms with E-state index in [-0.39, 0.29) is 21.9 Å². The second kappa shape index (κ2) is 6.28. The van der Waals surface area contributed by atoms with Crippen LogP contribution >= 0.6 is 11.6 Å². The number of carbonyl (C=O) groups excluding carboxylic acids is 1. The van der Waals surface area contributed by atoms with Crippen LogP contribution in [0.1, 0.15) is 22.8 Å². The van der Waals surface area contributed by atoms with Crippen LogP contribution in [0.15, 0.2) is 30.2 Å². The van der Waals surface area contributed by atoms with Gasteiger partial charge in [-0.15, -0.1) is 0 Å². The van der Waals surface area contributed by atoms with E-state index in [1.165, 1.54) is 33.3 Å². The van der Waals surface area contributed by atoms with Crippen molar-refractivity contribution in [2.75, 3.05) is 14.2 Å². The van der Waals surface area contributed by atoms with Crippen LogP contribution < -0.4 is 5.32 Å². The van der Waals surface area contributed by atoms with Gasteiger partial charge >= 0.3 is 0 Å². The SMILES string of the molecule is COC1=CNC(OC)C=C1c1c(C(C)=O)ccc(Cl)c1F. The Bertz CT molecular complexity index is 640. The molecular formula is C15H15ClFNO3. The molecule has 21 heavy (non-hydrogen) atoms. The van der Waals surface area contributed by atoms with Crippen molar-refractivity contribution in [3.63, 3.8) is 0 Å². The highest BCUT2D eigenvalue weighted by Crippen LogP contribution is 2.34. The zero-order chi connectivity index (χ0) is 15.6. The number of hydrogen-bond acceptors (Lipinski definition) is 4. The second-order valence-electron chi connectivity index (χ2n) is 4.46. The number of methoxy groups -OCH3 is 2. The van der Waals surface area contributed by atoms with Crippen molar-refractivity contribution in [2.45, 2.75) is 13.2 Å². The Hall–Kier alpha value is -1.85. The summed E-state index contributed by atoms with van der Waals surface area (Å²) in [6.07, 6.45) is 2.76. The maximum absolute atomic E-state index is 14.5. The molecule has 1 aromatic carbocycles. The average molecular weight is 312 g/mol. The summed E-state index contributed by atoms with van der Waals surface area (Å²) in [5.74, 6) is -0.522. The molecule has 1 atom stereocenters. The van der Waals surface area contributed by atoms with Gasteiger partial charge in [0.25, 0.3) is 0 Å². The number of Topliss-reactive ketones (excluding diaryl/α,β-unsaturated/α-hetero) is 1. The van der Waals surface area contributed by atoms with Crippen LogP contribution in [0, 0.1) is 5.82 Å². The van der Waals surface area contributed by atoms with Crippen molar-refractivity contribution in [1.29, 1.82) is 0 Å². The van der Waals surface area contributed by atoms with Crippen molar-refractivity contribution in [1.82, 2.24) is 5.32 Å². The summed E-state index contributed by atoms with van der Waals surface area (Å²) < 4.78 is 24.9. The first-order valence-corrected chi connectivity index (χ1v) is 6.62. The van der Waals surface area contributed by atoms with E-state index in [0.29, 0.717) is 11.3 Å². The highest BCUT2D eigenvalue weighted by Gasteiger charge is 2.25. The molecule has 1 unspecified atom stereocenters. The van der Waals surface area contributed by atoms with Crippen LogP contribution in [0.25, 0.3) is 5.57 Å². The summed E-state index contributed by atoms with van der Waals surface area (Å²) in [5.41, 5.74) is 0.780. The number of rotatable bonds is 4. The number of ether oxygens (including phenoxy) is 2. The quantitative estimate of drug-likeness (QED) is 0.868. The van der Waals surface area contributed by atoms with Gasteiger partial charge in [-0.25, -0.2) is 4.39 Å². The normalized spacial score (nSPS) is 17.7. The van der Waals surface area contributed by atoms with Crippen LogP contribution in [0.5, 0.6) is 0 Å². The lowest BCUT2D eigenvalue weighted by Crippen LogP contribution is -2.28. The molecule has 0 fully saturated rings. The molecule has 0 aliphatic carbocycles. The van der Waals surface area contributed by atoms with E-state index < -0.39 is 12.0 Å². The summed E-state index contributed by atoms with van der Waals surface area (Å²) in [4.78, 5) is 11.8. The number of nitrogens with one attached hydrogen (secondary N) is 1. The Labute approximate surface area is 127 Å². The topological polar surface area (TPSA) is 47.6 Å². The molecule has 112 valence electrons. The number of hydrogen-bond donors (Lipinski definition) is 1. The molecule has 1 aromatic rings. The lowest BCUT2D eigenvalue weighted by molar-refractivity contribution is 0.101. The summed E-state index contributed by atoms with van der Waals surface area (Å²) >= 11 is 5.85. The van der Waals surface area contributed by atoms with E-state index in [2.05, 4.69) is 5.32 Å². The number of carbonyl (C=O) groups is 1. The highest BCUT2D eigenvalue weighted by atomic mass is 35.5. The molecule has 1 aliphatic heterocycles. The Morgan fingerprint density at radius 1 is 1.38 bits per heavy atom. The molecule has 0 spiro atoms. The molecule has 0 aromatic heterocycles. The minimum absolute atomic E-state index is 0.0566. The van der Waals surface area contributed by atoms with Gasteiger partial charge in [0.05, 0.1) is 12.1 Å². The zero-order valence-electron chi connectivity index (χ0n) is 11.9. The van der Waals surface area contributed by atoms with E-state index in [4.69, 9.17) is 21.1 Å². The van der Waals surface area contributed by atoms with Gasteiger partial charge in [0.15, 0.2) is 5.78 Å². The van der Waals surface area contributed by atoms with Crippen LogP contribution in [0.2, 0.25) is 5.02 Å². The van der Waals surface area contributed by atoms with Crippen LogP contribution in [-0.2, 0) is 9.47 Å². The van der Waals surface area contributed by atoms with Gasteiger partial charge in [-0.2, -0.15) is 0 Å². The highest BCUT2D eigenvalue weighted by molar-refractivity contribution is 6.31. The molecule has 1 N–H and O–H groups in total. The van der Waals surface area contributed by atoms with Gasteiger partial charge in [0, 0.05) is 30.0 Å². The first kappa shape index (κ1) is 15.5. The second-order valence-corrected chi connectivity index (χ2v) is 4.86. The largest absolute Gasteiger partial charge is 0.495 e. The lowest BCUT2D eigenvalue weighted by Gasteiger charge is -2.23. The van der Waals surface area contributed by atoms with Gasteiger partial charge in [-0.05, 0) is 25.1 Å². The standard InChI is InChI=1S/C15H15ClFNO3/c1-8(19)9-4-5-11(16)15(17)14(9)10-6-13(21-3)18-7-12(10)20-2/h4-7,13,18H,1-3H3. The first-order valence-electron chi connectivity index (χ1n) is 6.24. The lowest BCUT2D eigenvalue weighted by atomic mass is 9.94. The van der Waals surface area contributed by atoms with Crippen molar-refractivity contribution in [3.05, 3.63) is 52.1 Å². The molecule has 6 heteroatoms. The smallest absolute Gasteiger partial charge is 0.160 e. The average Bonchev–Trinajstić information content (AvgIpc) is 2.48.